The van der Waals surface area contributed by atoms with Crippen molar-refractivity contribution in [1.29, 1.82) is 0 Å². The monoisotopic (exact) mass is 409 g/mol. The molecular formula is C21H27N7O2. The van der Waals surface area contributed by atoms with Crippen molar-refractivity contribution in [3.05, 3.63) is 42.2 Å². The maximum absolute atomic E-state index is 5.85. The third-order valence-corrected chi connectivity index (χ3v) is 4.70. The summed E-state index contributed by atoms with van der Waals surface area (Å²) in [6.45, 7) is 4.56. The molecule has 6 bridgehead atoms. The number of aryl methyl sites for hydroxylation is 1. The summed E-state index contributed by atoms with van der Waals surface area (Å²) in [7, 11) is 0. The van der Waals surface area contributed by atoms with Crippen LogP contribution in [0.5, 0.6) is 11.8 Å². The minimum Gasteiger partial charge on any atom is -0.494 e. The topological polar surface area (TPSA) is 99.0 Å². The first kappa shape index (κ1) is 19.9. The highest BCUT2D eigenvalue weighted by Crippen LogP contribution is 2.18. The molecule has 2 aliphatic rings. The van der Waals surface area contributed by atoms with Gasteiger partial charge >= 0.3 is 6.01 Å². The Bertz CT molecular complexity index is 943. The Balaban J connectivity index is 1.55. The third-order valence-electron chi connectivity index (χ3n) is 4.70. The normalized spacial score (nSPS) is 14.8. The molecule has 2 aliphatic heterocycles. The predicted octanol–water partition coefficient (Wildman–Crippen LogP) is 3.78. The van der Waals surface area contributed by atoms with Gasteiger partial charge in [0.2, 0.25) is 11.9 Å². The summed E-state index contributed by atoms with van der Waals surface area (Å²) in [6, 6.07) is 8.35. The lowest BCUT2D eigenvalue weighted by Crippen LogP contribution is -2.09. The molecule has 1 aromatic carbocycles. The van der Waals surface area contributed by atoms with Crippen LogP contribution in [0.1, 0.15) is 38.2 Å². The molecule has 4 heterocycles. The van der Waals surface area contributed by atoms with Crippen LogP contribution in [-0.4, -0.2) is 37.9 Å². The first-order valence-corrected chi connectivity index (χ1v) is 10.4. The van der Waals surface area contributed by atoms with Crippen molar-refractivity contribution in [2.24, 2.45) is 0 Å². The summed E-state index contributed by atoms with van der Waals surface area (Å²) in [4.78, 5) is 13.1. The van der Waals surface area contributed by atoms with Crippen LogP contribution in [-0.2, 0) is 13.1 Å². The Morgan fingerprint density at radius 2 is 1.87 bits per heavy atom. The lowest BCUT2D eigenvalue weighted by atomic mass is 10.2. The van der Waals surface area contributed by atoms with E-state index in [9.17, 15) is 0 Å². The van der Waals surface area contributed by atoms with Gasteiger partial charge in [0.15, 0.2) is 0 Å². The van der Waals surface area contributed by atoms with Gasteiger partial charge in [0, 0.05) is 19.3 Å². The molecule has 0 radical (unpaired) electrons. The Morgan fingerprint density at radius 3 is 2.73 bits per heavy atom. The molecule has 0 aliphatic carbocycles. The van der Waals surface area contributed by atoms with E-state index in [1.807, 2.05) is 42.1 Å². The average molecular weight is 409 g/mol. The van der Waals surface area contributed by atoms with E-state index in [-0.39, 0.29) is 6.01 Å². The largest absolute Gasteiger partial charge is 0.494 e. The SMILES string of the molecule is CCOc1nc2nc(n1)Nc1cnn(c1)CCCCCCOc1ccc(cc1)CN2. The molecular weight excluding hydrogens is 382 g/mol. The van der Waals surface area contributed by atoms with Crippen LogP contribution in [0.15, 0.2) is 36.7 Å². The maximum Gasteiger partial charge on any atom is 0.323 e. The summed E-state index contributed by atoms with van der Waals surface area (Å²) in [6.07, 6.45) is 8.14. The van der Waals surface area contributed by atoms with Crippen LogP contribution in [0, 0.1) is 0 Å². The Hall–Kier alpha value is -3.36. The zero-order chi connectivity index (χ0) is 20.6. The van der Waals surface area contributed by atoms with E-state index in [0.717, 1.165) is 55.8 Å². The lowest BCUT2D eigenvalue weighted by Gasteiger charge is -2.11. The van der Waals surface area contributed by atoms with E-state index in [2.05, 4.69) is 30.7 Å². The van der Waals surface area contributed by atoms with Crippen molar-refractivity contribution in [1.82, 2.24) is 24.7 Å². The molecule has 0 amide bonds. The van der Waals surface area contributed by atoms with Gasteiger partial charge in [-0.1, -0.05) is 18.6 Å². The van der Waals surface area contributed by atoms with E-state index in [0.29, 0.717) is 25.0 Å². The minimum atomic E-state index is 0.274. The highest BCUT2D eigenvalue weighted by atomic mass is 16.5. The van der Waals surface area contributed by atoms with E-state index in [4.69, 9.17) is 9.47 Å². The zero-order valence-electron chi connectivity index (χ0n) is 17.2. The number of anilines is 3. The van der Waals surface area contributed by atoms with Crippen LogP contribution in [0.3, 0.4) is 0 Å². The Labute approximate surface area is 175 Å². The lowest BCUT2D eigenvalue weighted by molar-refractivity contribution is 0.304. The van der Waals surface area contributed by atoms with Gasteiger partial charge in [-0.3, -0.25) is 4.68 Å². The molecule has 2 aromatic heterocycles. The summed E-state index contributed by atoms with van der Waals surface area (Å²) >= 11 is 0. The molecule has 5 rings (SSSR count). The molecule has 158 valence electrons. The summed E-state index contributed by atoms with van der Waals surface area (Å²) in [5, 5.41) is 10.9. The highest BCUT2D eigenvalue weighted by molar-refractivity contribution is 5.52. The van der Waals surface area contributed by atoms with Crippen LogP contribution in [0.2, 0.25) is 0 Å². The average Bonchev–Trinajstić information content (AvgIpc) is 3.19. The first-order valence-electron chi connectivity index (χ1n) is 10.4. The van der Waals surface area contributed by atoms with Gasteiger partial charge in [-0.05, 0) is 43.9 Å². The van der Waals surface area contributed by atoms with Crippen molar-refractivity contribution in [3.8, 4) is 11.8 Å². The zero-order valence-corrected chi connectivity index (χ0v) is 17.2. The second kappa shape index (κ2) is 9.91. The number of fused-ring (bicyclic) bond motifs is 9. The van der Waals surface area contributed by atoms with Gasteiger partial charge < -0.3 is 20.1 Å². The van der Waals surface area contributed by atoms with Crippen LogP contribution >= 0.6 is 0 Å². The fourth-order valence-corrected chi connectivity index (χ4v) is 3.17. The quantitative estimate of drug-likeness (QED) is 0.660. The van der Waals surface area contributed by atoms with Crippen molar-refractivity contribution in [3.63, 3.8) is 0 Å². The van der Waals surface area contributed by atoms with E-state index < -0.39 is 0 Å². The number of hydrogen-bond acceptors (Lipinski definition) is 8. The Morgan fingerprint density at radius 1 is 1.03 bits per heavy atom. The van der Waals surface area contributed by atoms with Crippen LogP contribution in [0.25, 0.3) is 0 Å². The second-order valence-corrected chi connectivity index (χ2v) is 7.08. The predicted molar refractivity (Wildman–Crippen MR) is 114 cm³/mol. The molecule has 9 heteroatoms. The second-order valence-electron chi connectivity index (χ2n) is 7.08. The van der Waals surface area contributed by atoms with Crippen molar-refractivity contribution in [2.75, 3.05) is 23.8 Å². The van der Waals surface area contributed by atoms with Crippen molar-refractivity contribution in [2.45, 2.75) is 45.7 Å². The van der Waals surface area contributed by atoms with Gasteiger partial charge in [-0.25, -0.2) is 0 Å². The smallest absolute Gasteiger partial charge is 0.323 e. The van der Waals surface area contributed by atoms with E-state index in [1.54, 1.807) is 6.20 Å². The molecule has 30 heavy (non-hydrogen) atoms. The van der Waals surface area contributed by atoms with Gasteiger partial charge in [-0.2, -0.15) is 20.1 Å². The molecule has 0 spiro atoms. The van der Waals surface area contributed by atoms with E-state index >= 15 is 0 Å². The highest BCUT2D eigenvalue weighted by Gasteiger charge is 2.09. The summed E-state index contributed by atoms with van der Waals surface area (Å²) in [5.41, 5.74) is 1.93. The minimum absolute atomic E-state index is 0.274. The Kier molecular flexibility index (Phi) is 6.58. The number of rotatable bonds is 2. The maximum atomic E-state index is 5.85. The molecule has 2 N–H and O–H groups in total. The number of nitrogens with one attached hydrogen (secondary N) is 2. The van der Waals surface area contributed by atoms with Gasteiger partial charge in [-0.15, -0.1) is 0 Å². The molecule has 0 atom stereocenters. The third kappa shape index (κ3) is 5.59. The number of hydrogen-bond donors (Lipinski definition) is 2. The fourth-order valence-electron chi connectivity index (χ4n) is 3.17. The number of ether oxygens (including phenoxy) is 2. The van der Waals surface area contributed by atoms with E-state index in [1.165, 1.54) is 0 Å². The number of benzene rings is 1. The van der Waals surface area contributed by atoms with Crippen molar-refractivity contribution >= 4 is 17.6 Å². The van der Waals surface area contributed by atoms with Gasteiger partial charge in [0.05, 0.1) is 25.1 Å². The number of nitrogens with zero attached hydrogens (tertiary/aromatic N) is 5. The standard InChI is InChI=1S/C21H27N7O2/c1-2-29-21-26-19-22-13-16-7-9-18(10-8-16)30-12-6-4-3-5-11-28-15-17(14-23-28)24-20(25-19)27-21/h7-10,14-15H,2-6,11-13H2,1H3,(H2,22,24,25,26,27). The van der Waals surface area contributed by atoms with Crippen LogP contribution < -0.4 is 20.1 Å². The van der Waals surface area contributed by atoms with Crippen LogP contribution in [0.4, 0.5) is 17.6 Å². The summed E-state index contributed by atoms with van der Waals surface area (Å²) < 4.78 is 13.3. The number of aromatic nitrogens is 5. The first-order chi connectivity index (χ1) is 14.8. The summed E-state index contributed by atoms with van der Waals surface area (Å²) in [5.74, 6) is 1.74. The molecule has 9 nitrogen and oxygen atoms in total. The molecule has 0 fully saturated rings. The van der Waals surface area contributed by atoms with Gasteiger partial charge in [0.1, 0.15) is 5.75 Å². The fraction of sp³-hybridized carbons (Fsp3) is 0.429. The molecule has 3 aromatic rings. The molecule has 0 unspecified atom stereocenters. The van der Waals surface area contributed by atoms with Crippen molar-refractivity contribution < 1.29 is 9.47 Å². The van der Waals surface area contributed by atoms with Gasteiger partial charge in [0.25, 0.3) is 0 Å². The molecule has 0 saturated heterocycles. The molecule has 0 saturated carbocycles.